The van der Waals surface area contributed by atoms with Crippen molar-refractivity contribution in [3.63, 3.8) is 0 Å². The van der Waals surface area contributed by atoms with Gasteiger partial charge in [-0.3, -0.25) is 25.2 Å². The summed E-state index contributed by atoms with van der Waals surface area (Å²) in [6.07, 6.45) is 0. The smallest absolute Gasteiger partial charge is 0.269 e. The Kier molecular flexibility index (Phi) is 7.23. The van der Waals surface area contributed by atoms with Crippen LogP contribution in [0.15, 0.2) is 48.5 Å². The van der Waals surface area contributed by atoms with Gasteiger partial charge in [-0.25, -0.2) is 0 Å². The SMILES string of the molecule is Cc1ccc(NC(=O)CSCC(=O)NNC(=O)c2ccccc2)c(C)c1. The van der Waals surface area contributed by atoms with Crippen LogP contribution >= 0.6 is 11.8 Å². The van der Waals surface area contributed by atoms with E-state index in [9.17, 15) is 14.4 Å². The number of benzene rings is 2. The number of hydrogen-bond acceptors (Lipinski definition) is 4. The Hall–Kier alpha value is -2.80. The third-order valence-corrected chi connectivity index (χ3v) is 4.41. The number of hydrogen-bond donors (Lipinski definition) is 3. The summed E-state index contributed by atoms with van der Waals surface area (Å²) in [7, 11) is 0. The molecule has 0 aliphatic carbocycles. The van der Waals surface area contributed by atoms with Crippen LogP contribution in [0.2, 0.25) is 0 Å². The van der Waals surface area contributed by atoms with Gasteiger partial charge < -0.3 is 5.32 Å². The van der Waals surface area contributed by atoms with Crippen LogP contribution in [-0.2, 0) is 9.59 Å². The predicted molar refractivity (Wildman–Crippen MR) is 104 cm³/mol. The van der Waals surface area contributed by atoms with Gasteiger partial charge in [0.15, 0.2) is 0 Å². The summed E-state index contributed by atoms with van der Waals surface area (Å²) in [5, 5.41) is 2.82. The largest absolute Gasteiger partial charge is 0.325 e. The molecule has 7 heteroatoms. The van der Waals surface area contributed by atoms with Crippen molar-refractivity contribution in [3.05, 3.63) is 65.2 Å². The van der Waals surface area contributed by atoms with Gasteiger partial charge in [0.2, 0.25) is 11.8 Å². The highest BCUT2D eigenvalue weighted by molar-refractivity contribution is 8.00. The Morgan fingerprint density at radius 1 is 0.885 bits per heavy atom. The summed E-state index contributed by atoms with van der Waals surface area (Å²) in [4.78, 5) is 35.5. The number of rotatable bonds is 6. The predicted octanol–water partition coefficient (Wildman–Crippen LogP) is 2.44. The van der Waals surface area contributed by atoms with E-state index in [0.717, 1.165) is 16.8 Å². The van der Waals surface area contributed by atoms with Crippen molar-refractivity contribution in [3.8, 4) is 0 Å². The molecule has 0 saturated heterocycles. The standard InChI is InChI=1S/C19H21N3O3S/c1-13-8-9-16(14(2)10-13)20-17(23)11-26-12-18(24)21-22-19(25)15-6-4-3-5-7-15/h3-10H,11-12H2,1-2H3,(H,20,23)(H,21,24)(H,22,25). The first-order valence-electron chi connectivity index (χ1n) is 8.05. The number of hydrazine groups is 1. The molecule has 0 aliphatic heterocycles. The van der Waals surface area contributed by atoms with Gasteiger partial charge >= 0.3 is 0 Å². The third kappa shape index (κ3) is 6.25. The van der Waals surface area contributed by atoms with E-state index in [0.29, 0.717) is 5.56 Å². The van der Waals surface area contributed by atoms with E-state index < -0.39 is 5.91 Å². The maximum Gasteiger partial charge on any atom is 0.269 e. The third-order valence-electron chi connectivity index (χ3n) is 3.47. The average Bonchev–Trinajstić information content (AvgIpc) is 2.63. The van der Waals surface area contributed by atoms with E-state index >= 15 is 0 Å². The maximum absolute atomic E-state index is 11.9. The van der Waals surface area contributed by atoms with Crippen molar-refractivity contribution in [1.82, 2.24) is 10.9 Å². The van der Waals surface area contributed by atoms with Crippen molar-refractivity contribution in [2.45, 2.75) is 13.8 Å². The molecule has 0 fully saturated rings. The van der Waals surface area contributed by atoms with Gasteiger partial charge in [0.25, 0.3) is 5.91 Å². The lowest BCUT2D eigenvalue weighted by molar-refractivity contribution is -0.119. The van der Waals surface area contributed by atoms with Crippen LogP contribution in [0.25, 0.3) is 0 Å². The zero-order chi connectivity index (χ0) is 18.9. The first-order chi connectivity index (χ1) is 12.5. The van der Waals surface area contributed by atoms with E-state index in [1.807, 2.05) is 32.0 Å². The molecule has 0 saturated carbocycles. The Labute approximate surface area is 156 Å². The van der Waals surface area contributed by atoms with Crippen LogP contribution in [0.5, 0.6) is 0 Å². The maximum atomic E-state index is 11.9. The molecule has 0 heterocycles. The molecule has 136 valence electrons. The Bertz CT molecular complexity index is 794. The van der Waals surface area contributed by atoms with E-state index in [1.54, 1.807) is 30.3 Å². The molecular weight excluding hydrogens is 350 g/mol. The second-order valence-electron chi connectivity index (χ2n) is 5.73. The zero-order valence-electron chi connectivity index (χ0n) is 14.7. The average molecular weight is 371 g/mol. The van der Waals surface area contributed by atoms with Gasteiger partial charge in [0.1, 0.15) is 0 Å². The van der Waals surface area contributed by atoms with Gasteiger partial charge in [0.05, 0.1) is 11.5 Å². The quantitative estimate of drug-likeness (QED) is 0.681. The topological polar surface area (TPSA) is 87.3 Å². The molecule has 0 spiro atoms. The van der Waals surface area contributed by atoms with Crippen molar-refractivity contribution >= 4 is 35.2 Å². The second-order valence-corrected chi connectivity index (χ2v) is 6.71. The van der Waals surface area contributed by atoms with Gasteiger partial charge in [-0.05, 0) is 37.6 Å². The van der Waals surface area contributed by atoms with Crippen LogP contribution in [0.4, 0.5) is 5.69 Å². The number of carbonyl (C=O) groups is 3. The number of thioether (sulfide) groups is 1. The molecule has 3 N–H and O–H groups in total. The van der Waals surface area contributed by atoms with E-state index in [-0.39, 0.29) is 23.3 Å². The molecule has 2 aromatic rings. The van der Waals surface area contributed by atoms with Gasteiger partial charge in [-0.1, -0.05) is 35.9 Å². The molecular formula is C19H21N3O3S. The van der Waals surface area contributed by atoms with Crippen LogP contribution in [0.1, 0.15) is 21.5 Å². The highest BCUT2D eigenvalue weighted by Gasteiger charge is 2.09. The highest BCUT2D eigenvalue weighted by Crippen LogP contribution is 2.16. The molecule has 0 aliphatic rings. The molecule has 0 aromatic heterocycles. The summed E-state index contributed by atoms with van der Waals surface area (Å²) in [5.41, 5.74) is 8.00. The fourth-order valence-electron chi connectivity index (χ4n) is 2.20. The van der Waals surface area contributed by atoms with Gasteiger partial charge in [-0.15, -0.1) is 11.8 Å². The van der Waals surface area contributed by atoms with Crippen LogP contribution in [0.3, 0.4) is 0 Å². The number of nitrogens with one attached hydrogen (secondary N) is 3. The van der Waals surface area contributed by atoms with Crippen LogP contribution < -0.4 is 16.2 Å². The van der Waals surface area contributed by atoms with Gasteiger partial charge in [-0.2, -0.15) is 0 Å². The Morgan fingerprint density at radius 3 is 2.27 bits per heavy atom. The summed E-state index contributed by atoms with van der Waals surface area (Å²) >= 11 is 1.17. The van der Waals surface area contributed by atoms with E-state index in [1.165, 1.54) is 11.8 Å². The summed E-state index contributed by atoms with van der Waals surface area (Å²) in [5.74, 6) is -0.735. The summed E-state index contributed by atoms with van der Waals surface area (Å²) in [6, 6.07) is 14.3. The molecule has 26 heavy (non-hydrogen) atoms. The summed E-state index contributed by atoms with van der Waals surface area (Å²) in [6.45, 7) is 3.92. The molecule has 0 atom stereocenters. The fraction of sp³-hybridized carbons (Fsp3) is 0.211. The minimum absolute atomic E-state index is 0.0649. The van der Waals surface area contributed by atoms with Crippen molar-refractivity contribution in [2.24, 2.45) is 0 Å². The van der Waals surface area contributed by atoms with E-state index in [4.69, 9.17) is 0 Å². The lowest BCUT2D eigenvalue weighted by Crippen LogP contribution is -2.42. The number of aryl methyl sites for hydroxylation is 2. The van der Waals surface area contributed by atoms with Crippen molar-refractivity contribution in [1.29, 1.82) is 0 Å². The summed E-state index contributed by atoms with van der Waals surface area (Å²) < 4.78 is 0. The number of carbonyl (C=O) groups excluding carboxylic acids is 3. The van der Waals surface area contributed by atoms with Crippen molar-refractivity contribution < 1.29 is 14.4 Å². The molecule has 2 rings (SSSR count). The lowest BCUT2D eigenvalue weighted by atomic mass is 10.1. The zero-order valence-corrected chi connectivity index (χ0v) is 15.5. The lowest BCUT2D eigenvalue weighted by Gasteiger charge is -2.09. The minimum Gasteiger partial charge on any atom is -0.325 e. The molecule has 0 bridgehead atoms. The fourth-order valence-corrected chi connectivity index (χ4v) is 2.82. The first-order valence-corrected chi connectivity index (χ1v) is 9.20. The monoisotopic (exact) mass is 371 g/mol. The minimum atomic E-state index is -0.392. The molecule has 2 aromatic carbocycles. The Balaban J connectivity index is 1.67. The normalized spacial score (nSPS) is 10.1. The number of amides is 3. The highest BCUT2D eigenvalue weighted by atomic mass is 32.2. The molecule has 6 nitrogen and oxygen atoms in total. The second kappa shape index (κ2) is 9.62. The molecule has 3 amide bonds. The van der Waals surface area contributed by atoms with E-state index in [2.05, 4.69) is 16.2 Å². The van der Waals surface area contributed by atoms with Crippen LogP contribution in [-0.4, -0.2) is 29.2 Å². The van der Waals surface area contributed by atoms with Gasteiger partial charge in [0, 0.05) is 11.3 Å². The number of anilines is 1. The first kappa shape index (κ1) is 19.5. The molecule has 0 unspecified atom stereocenters. The Morgan fingerprint density at radius 2 is 1.58 bits per heavy atom. The van der Waals surface area contributed by atoms with Crippen LogP contribution in [0, 0.1) is 13.8 Å². The van der Waals surface area contributed by atoms with Crippen molar-refractivity contribution in [2.75, 3.05) is 16.8 Å². The molecule has 0 radical (unpaired) electrons.